The molecule has 0 spiro atoms. The van der Waals surface area contributed by atoms with Crippen molar-refractivity contribution < 1.29 is 18.3 Å². The molecule has 4 nitrogen and oxygen atoms in total. The summed E-state index contributed by atoms with van der Waals surface area (Å²) in [4.78, 5) is 13.6. The number of rotatable bonds is 2. The molecule has 0 fully saturated rings. The van der Waals surface area contributed by atoms with Crippen molar-refractivity contribution >= 4 is 16.7 Å². The van der Waals surface area contributed by atoms with Crippen LogP contribution in [0.4, 0.5) is 14.5 Å². The zero-order chi connectivity index (χ0) is 19.3. The van der Waals surface area contributed by atoms with Gasteiger partial charge in [0, 0.05) is 48.4 Å². The van der Waals surface area contributed by atoms with Crippen molar-refractivity contribution in [3.8, 4) is 28.2 Å². The second-order valence-electron chi connectivity index (χ2n) is 6.50. The third-order valence-electron chi connectivity index (χ3n) is 4.51. The topological polar surface area (TPSA) is 53.7 Å². The van der Waals surface area contributed by atoms with Gasteiger partial charge in [0.25, 0.3) is 0 Å². The van der Waals surface area contributed by atoms with Gasteiger partial charge >= 0.3 is 0 Å². The summed E-state index contributed by atoms with van der Waals surface area (Å²) in [5.74, 6) is -2.14. The summed E-state index contributed by atoms with van der Waals surface area (Å²) < 4.78 is 33.7. The van der Waals surface area contributed by atoms with Crippen LogP contribution in [0.1, 0.15) is 0 Å². The summed E-state index contributed by atoms with van der Waals surface area (Å²) in [7, 11) is 3.81. The van der Waals surface area contributed by atoms with Gasteiger partial charge < -0.3 is 14.4 Å². The minimum atomic E-state index is -0.914. The fraction of sp³-hybridized carbons (Fsp3) is 0.0952. The van der Waals surface area contributed by atoms with Crippen LogP contribution in [-0.2, 0) is 0 Å². The van der Waals surface area contributed by atoms with E-state index in [1.807, 2.05) is 43.3 Å². The minimum Gasteiger partial charge on any atom is -0.505 e. The van der Waals surface area contributed by atoms with E-state index in [0.29, 0.717) is 22.1 Å². The molecule has 0 saturated carbocycles. The van der Waals surface area contributed by atoms with Crippen molar-refractivity contribution in [3.63, 3.8) is 0 Å². The molecule has 1 heterocycles. The lowest BCUT2D eigenvalue weighted by molar-refractivity contribution is 0.432. The Kier molecular flexibility index (Phi) is 3.84. The Bertz CT molecular complexity index is 1200. The number of nitrogens with zero attached hydrogens (tertiary/aromatic N) is 1. The summed E-state index contributed by atoms with van der Waals surface area (Å²) in [6.07, 6.45) is 0. The standard InChI is InChI=1S/C21H15F2NO3/c1-24(2)12-5-3-11(4-6-12)21-13-7-15(22)17(25)9-19(13)27-20-10-18(26)16(23)8-14(20)21/h3-10,25H,1-2H3. The number of benzene rings is 3. The van der Waals surface area contributed by atoms with Crippen LogP contribution in [0.5, 0.6) is 5.75 Å². The van der Waals surface area contributed by atoms with Crippen molar-refractivity contribution in [2.24, 2.45) is 0 Å². The van der Waals surface area contributed by atoms with E-state index in [2.05, 4.69) is 0 Å². The lowest BCUT2D eigenvalue weighted by Crippen LogP contribution is -2.08. The molecule has 27 heavy (non-hydrogen) atoms. The second-order valence-corrected chi connectivity index (χ2v) is 6.50. The van der Waals surface area contributed by atoms with Crippen molar-refractivity contribution in [1.82, 2.24) is 0 Å². The molecule has 1 aliphatic heterocycles. The molecule has 136 valence electrons. The molecule has 0 radical (unpaired) electrons. The van der Waals surface area contributed by atoms with Gasteiger partial charge in [-0.2, -0.15) is 0 Å². The smallest absolute Gasteiger partial charge is 0.217 e. The fourth-order valence-corrected chi connectivity index (χ4v) is 3.14. The number of phenolic OH excluding ortho intramolecular Hbond substituents is 1. The molecule has 6 heteroatoms. The molecule has 2 aromatic carbocycles. The monoisotopic (exact) mass is 367 g/mol. The molecule has 0 saturated heterocycles. The van der Waals surface area contributed by atoms with Crippen LogP contribution in [0.3, 0.4) is 0 Å². The predicted octanol–water partition coefficient (Wildman–Crippen LogP) is 4.61. The normalized spacial score (nSPS) is 11.3. The molecule has 2 aliphatic rings. The maximum absolute atomic E-state index is 14.0. The highest BCUT2D eigenvalue weighted by Crippen LogP contribution is 2.41. The van der Waals surface area contributed by atoms with Crippen LogP contribution in [0.2, 0.25) is 0 Å². The fourth-order valence-electron chi connectivity index (χ4n) is 3.14. The van der Waals surface area contributed by atoms with E-state index in [0.717, 1.165) is 30.0 Å². The van der Waals surface area contributed by atoms with Crippen LogP contribution in [0.25, 0.3) is 33.4 Å². The van der Waals surface area contributed by atoms with Crippen LogP contribution < -0.4 is 10.3 Å². The van der Waals surface area contributed by atoms with Gasteiger partial charge in [0.1, 0.15) is 11.3 Å². The van der Waals surface area contributed by atoms with Crippen LogP contribution >= 0.6 is 0 Å². The molecular weight excluding hydrogens is 352 g/mol. The maximum Gasteiger partial charge on any atom is 0.217 e. The van der Waals surface area contributed by atoms with E-state index < -0.39 is 22.8 Å². The highest BCUT2D eigenvalue weighted by Gasteiger charge is 2.21. The lowest BCUT2D eigenvalue weighted by Gasteiger charge is -2.17. The largest absolute Gasteiger partial charge is 0.505 e. The molecule has 0 amide bonds. The third-order valence-corrected chi connectivity index (χ3v) is 4.51. The minimum absolute atomic E-state index is 0.159. The number of halogens is 2. The van der Waals surface area contributed by atoms with Gasteiger partial charge in [0.05, 0.1) is 0 Å². The summed E-state index contributed by atoms with van der Waals surface area (Å²) >= 11 is 0. The molecule has 0 bridgehead atoms. The Morgan fingerprint density at radius 3 is 2.33 bits per heavy atom. The average Bonchev–Trinajstić information content (AvgIpc) is 2.63. The van der Waals surface area contributed by atoms with Gasteiger partial charge in [0.15, 0.2) is 17.4 Å². The van der Waals surface area contributed by atoms with E-state index >= 15 is 0 Å². The zero-order valence-electron chi connectivity index (χ0n) is 14.6. The Balaban J connectivity index is 2.13. The highest BCUT2D eigenvalue weighted by molar-refractivity contribution is 6.02. The van der Waals surface area contributed by atoms with E-state index in [1.165, 1.54) is 0 Å². The van der Waals surface area contributed by atoms with Gasteiger partial charge in [-0.3, -0.25) is 4.79 Å². The van der Waals surface area contributed by atoms with Gasteiger partial charge in [-0.15, -0.1) is 0 Å². The van der Waals surface area contributed by atoms with E-state index in [9.17, 15) is 18.7 Å². The maximum atomic E-state index is 14.0. The summed E-state index contributed by atoms with van der Waals surface area (Å²) in [5.41, 5.74) is 1.93. The lowest BCUT2D eigenvalue weighted by atomic mass is 9.93. The number of anilines is 1. The second kappa shape index (κ2) is 6.09. The van der Waals surface area contributed by atoms with Crippen molar-refractivity contribution in [3.05, 3.63) is 70.4 Å². The van der Waals surface area contributed by atoms with Crippen molar-refractivity contribution in [2.45, 2.75) is 0 Å². The molecule has 4 rings (SSSR count). The summed E-state index contributed by atoms with van der Waals surface area (Å²) in [6, 6.07) is 11.9. The van der Waals surface area contributed by atoms with Crippen LogP contribution in [0.15, 0.2) is 57.7 Å². The first-order chi connectivity index (χ1) is 12.8. The Morgan fingerprint density at radius 2 is 1.67 bits per heavy atom. The molecule has 0 unspecified atom stereocenters. The quantitative estimate of drug-likeness (QED) is 0.526. The number of hydrogen-bond acceptors (Lipinski definition) is 4. The predicted molar refractivity (Wildman–Crippen MR) is 100 cm³/mol. The first kappa shape index (κ1) is 17.0. The van der Waals surface area contributed by atoms with Gasteiger partial charge in [0.2, 0.25) is 5.43 Å². The van der Waals surface area contributed by atoms with E-state index in [4.69, 9.17) is 4.42 Å². The van der Waals surface area contributed by atoms with Gasteiger partial charge in [-0.1, -0.05) is 12.1 Å². The van der Waals surface area contributed by atoms with E-state index in [-0.39, 0.29) is 11.3 Å². The third kappa shape index (κ3) is 2.79. The molecule has 0 aromatic heterocycles. The van der Waals surface area contributed by atoms with Gasteiger partial charge in [-0.25, -0.2) is 8.78 Å². The average molecular weight is 367 g/mol. The molecule has 1 N–H and O–H groups in total. The van der Waals surface area contributed by atoms with E-state index in [1.54, 1.807) is 0 Å². The Labute approximate surface area is 153 Å². The SMILES string of the molecule is CN(C)c1ccc(-c2c3cc(F)c(=O)cc-3oc3cc(O)c(F)cc23)cc1. The summed E-state index contributed by atoms with van der Waals surface area (Å²) in [5, 5.41) is 10.1. The number of phenols is 1. The van der Waals surface area contributed by atoms with Gasteiger partial charge in [-0.05, 0) is 29.8 Å². The first-order valence-corrected chi connectivity index (χ1v) is 8.21. The highest BCUT2D eigenvalue weighted by atomic mass is 19.1. The van der Waals surface area contributed by atoms with Crippen LogP contribution in [0, 0.1) is 11.6 Å². The number of hydrogen-bond donors (Lipinski definition) is 1. The number of fused-ring (bicyclic) bond motifs is 2. The van der Waals surface area contributed by atoms with Crippen molar-refractivity contribution in [2.75, 3.05) is 19.0 Å². The van der Waals surface area contributed by atoms with Crippen LogP contribution in [-0.4, -0.2) is 19.2 Å². The molecule has 1 aliphatic carbocycles. The Hall–Kier alpha value is -3.41. The molecule has 2 aromatic rings. The Morgan fingerprint density at radius 1 is 0.963 bits per heavy atom. The van der Waals surface area contributed by atoms with Crippen molar-refractivity contribution in [1.29, 1.82) is 0 Å². The molecular formula is C21H15F2NO3. The number of aromatic hydroxyl groups is 1. The summed E-state index contributed by atoms with van der Waals surface area (Å²) in [6.45, 7) is 0. The zero-order valence-corrected chi connectivity index (χ0v) is 14.6. The first-order valence-electron chi connectivity index (χ1n) is 8.21. The molecule has 0 atom stereocenters.